The fraction of sp³-hybridized carbons (Fsp3) is 0.111. The molecule has 6 heteroatoms. The van der Waals surface area contributed by atoms with E-state index in [1.807, 2.05) is 0 Å². The van der Waals surface area contributed by atoms with Crippen molar-refractivity contribution >= 4 is 29.5 Å². The molecule has 0 saturated carbocycles. The summed E-state index contributed by atoms with van der Waals surface area (Å²) in [5, 5.41) is 1.76. The molecule has 0 atom stereocenters. The van der Waals surface area contributed by atoms with Gasteiger partial charge in [-0.3, -0.25) is 0 Å². The lowest BCUT2D eigenvalue weighted by atomic mass is 10.3. The summed E-state index contributed by atoms with van der Waals surface area (Å²) in [6.45, 7) is 0. The van der Waals surface area contributed by atoms with Crippen LogP contribution in [0.4, 0.5) is 0 Å². The van der Waals surface area contributed by atoms with E-state index >= 15 is 0 Å². The summed E-state index contributed by atoms with van der Waals surface area (Å²) in [7, 11) is 1.36. The molecule has 0 unspecified atom stereocenters. The van der Waals surface area contributed by atoms with Crippen LogP contribution in [0.1, 0.15) is 10.4 Å². The maximum atomic E-state index is 11.2. The molecule has 0 aliphatic carbocycles. The van der Waals surface area contributed by atoms with Crippen LogP contribution in [-0.2, 0) is 4.74 Å². The standard InChI is InChI=1S/C9H8N2O2S2/c1-13-8(12)5-2-7(15-4-5)6-3-10-9(14)11-6/h2-4H,1H3,(H2,10,11,14). The van der Waals surface area contributed by atoms with Crippen molar-refractivity contribution in [1.82, 2.24) is 9.97 Å². The molecule has 0 bridgehead atoms. The number of ether oxygens (including phenoxy) is 1. The number of H-pyrrole nitrogens is 2. The topological polar surface area (TPSA) is 57.9 Å². The average Bonchev–Trinajstić information content (AvgIpc) is 2.84. The zero-order valence-corrected chi connectivity index (χ0v) is 9.50. The molecule has 0 aromatic carbocycles. The van der Waals surface area contributed by atoms with E-state index in [9.17, 15) is 4.79 Å². The van der Waals surface area contributed by atoms with Gasteiger partial charge in [-0.25, -0.2) is 4.79 Å². The number of hydrogen-bond acceptors (Lipinski definition) is 4. The van der Waals surface area contributed by atoms with Gasteiger partial charge in [-0.2, -0.15) is 0 Å². The first-order valence-electron chi connectivity index (χ1n) is 4.15. The van der Waals surface area contributed by atoms with E-state index < -0.39 is 0 Å². The van der Waals surface area contributed by atoms with Crippen molar-refractivity contribution in [1.29, 1.82) is 0 Å². The van der Waals surface area contributed by atoms with Crippen LogP contribution in [-0.4, -0.2) is 23.0 Å². The monoisotopic (exact) mass is 240 g/mol. The highest BCUT2D eigenvalue weighted by atomic mass is 32.1. The van der Waals surface area contributed by atoms with Crippen LogP contribution < -0.4 is 0 Å². The Bertz CT molecular complexity index is 538. The second-order valence-corrected chi connectivity index (χ2v) is 4.17. The van der Waals surface area contributed by atoms with Gasteiger partial charge in [-0.1, -0.05) is 0 Å². The maximum Gasteiger partial charge on any atom is 0.338 e. The summed E-state index contributed by atoms with van der Waals surface area (Å²) in [6, 6.07) is 1.77. The maximum absolute atomic E-state index is 11.2. The van der Waals surface area contributed by atoms with Crippen LogP contribution in [0.2, 0.25) is 0 Å². The molecule has 0 radical (unpaired) electrons. The summed E-state index contributed by atoms with van der Waals surface area (Å²) in [6.07, 6.45) is 1.77. The summed E-state index contributed by atoms with van der Waals surface area (Å²) < 4.78 is 5.19. The normalized spacial score (nSPS) is 10.2. The number of hydrogen-bond donors (Lipinski definition) is 2. The van der Waals surface area contributed by atoms with Crippen molar-refractivity contribution < 1.29 is 9.53 Å². The SMILES string of the molecule is COC(=O)c1csc(-c2c[nH]c(=S)[nH]2)c1. The van der Waals surface area contributed by atoms with E-state index in [0.717, 1.165) is 10.6 Å². The Balaban J connectivity index is 2.35. The molecule has 15 heavy (non-hydrogen) atoms. The second kappa shape index (κ2) is 4.00. The Morgan fingerprint density at radius 2 is 2.40 bits per heavy atom. The van der Waals surface area contributed by atoms with Gasteiger partial charge >= 0.3 is 5.97 Å². The molecule has 2 aromatic heterocycles. The molecule has 2 aromatic rings. The van der Waals surface area contributed by atoms with Crippen molar-refractivity contribution in [2.45, 2.75) is 0 Å². The third-order valence-corrected chi connectivity index (χ3v) is 3.07. The van der Waals surface area contributed by atoms with Crippen LogP contribution in [0.5, 0.6) is 0 Å². The smallest absolute Gasteiger partial charge is 0.338 e. The molecule has 2 heterocycles. The lowest BCUT2D eigenvalue weighted by molar-refractivity contribution is 0.0601. The molecule has 78 valence electrons. The first-order chi connectivity index (χ1) is 7.20. The minimum atomic E-state index is -0.327. The molecular weight excluding hydrogens is 232 g/mol. The van der Waals surface area contributed by atoms with Crippen molar-refractivity contribution in [3.63, 3.8) is 0 Å². The summed E-state index contributed by atoms with van der Waals surface area (Å²) in [5.74, 6) is -0.327. The van der Waals surface area contributed by atoms with Gasteiger partial charge in [0.2, 0.25) is 0 Å². The van der Waals surface area contributed by atoms with Gasteiger partial charge in [0.1, 0.15) is 0 Å². The molecular formula is C9H8N2O2S2. The Morgan fingerprint density at radius 1 is 1.60 bits per heavy atom. The number of methoxy groups -OCH3 is 1. The van der Waals surface area contributed by atoms with E-state index in [1.165, 1.54) is 18.4 Å². The summed E-state index contributed by atoms with van der Waals surface area (Å²) in [5.41, 5.74) is 1.43. The highest BCUT2D eigenvalue weighted by molar-refractivity contribution is 7.71. The molecule has 0 saturated heterocycles. The Morgan fingerprint density at radius 3 is 3.00 bits per heavy atom. The average molecular weight is 240 g/mol. The summed E-state index contributed by atoms with van der Waals surface area (Å²) in [4.78, 5) is 18.0. The number of rotatable bonds is 2. The van der Waals surface area contributed by atoms with E-state index in [1.54, 1.807) is 17.6 Å². The lowest BCUT2D eigenvalue weighted by Gasteiger charge is -1.92. The van der Waals surface area contributed by atoms with Crippen LogP contribution in [0, 0.1) is 4.77 Å². The van der Waals surface area contributed by atoms with Crippen LogP contribution in [0.15, 0.2) is 17.6 Å². The van der Waals surface area contributed by atoms with E-state index in [2.05, 4.69) is 14.7 Å². The van der Waals surface area contributed by atoms with Gasteiger partial charge < -0.3 is 14.7 Å². The number of imidazole rings is 1. The largest absolute Gasteiger partial charge is 0.465 e. The quantitative estimate of drug-likeness (QED) is 0.626. The molecule has 0 aliphatic heterocycles. The van der Waals surface area contributed by atoms with Gasteiger partial charge in [0.05, 0.1) is 23.2 Å². The van der Waals surface area contributed by atoms with Crippen LogP contribution >= 0.6 is 23.6 Å². The molecule has 0 amide bonds. The number of aromatic nitrogens is 2. The first kappa shape index (κ1) is 10.1. The minimum Gasteiger partial charge on any atom is -0.465 e. The van der Waals surface area contributed by atoms with E-state index in [0.29, 0.717) is 10.3 Å². The Labute approximate surface area is 94.9 Å². The number of carbonyl (C=O) groups excluding carboxylic acids is 1. The zero-order chi connectivity index (χ0) is 10.8. The Hall–Kier alpha value is -1.40. The van der Waals surface area contributed by atoms with Crippen molar-refractivity contribution in [3.8, 4) is 10.6 Å². The molecule has 2 N–H and O–H groups in total. The molecule has 0 aliphatic rings. The van der Waals surface area contributed by atoms with Gasteiger partial charge in [-0.15, -0.1) is 11.3 Å². The highest BCUT2D eigenvalue weighted by Gasteiger charge is 2.10. The van der Waals surface area contributed by atoms with E-state index in [-0.39, 0.29) is 5.97 Å². The fourth-order valence-corrected chi connectivity index (χ4v) is 2.19. The van der Waals surface area contributed by atoms with E-state index in [4.69, 9.17) is 12.2 Å². The number of esters is 1. The first-order valence-corrected chi connectivity index (χ1v) is 5.44. The number of nitrogens with one attached hydrogen (secondary N) is 2. The van der Waals surface area contributed by atoms with Gasteiger partial charge in [-0.05, 0) is 18.3 Å². The molecule has 4 nitrogen and oxygen atoms in total. The highest BCUT2D eigenvalue weighted by Crippen LogP contribution is 2.25. The van der Waals surface area contributed by atoms with Crippen molar-refractivity contribution in [2.75, 3.05) is 7.11 Å². The number of thiophene rings is 1. The van der Waals surface area contributed by atoms with Crippen LogP contribution in [0.25, 0.3) is 10.6 Å². The van der Waals surface area contributed by atoms with Crippen LogP contribution in [0.3, 0.4) is 0 Å². The minimum absolute atomic E-state index is 0.327. The Kier molecular flexibility index (Phi) is 2.70. The predicted octanol–water partition coefficient (Wildman–Crippen LogP) is 2.59. The van der Waals surface area contributed by atoms with Gasteiger partial charge in [0.15, 0.2) is 4.77 Å². The van der Waals surface area contributed by atoms with Crippen molar-refractivity contribution in [2.24, 2.45) is 0 Å². The fourth-order valence-electron chi connectivity index (χ4n) is 1.17. The predicted molar refractivity (Wildman–Crippen MR) is 60.6 cm³/mol. The number of aromatic amines is 2. The molecule has 0 fully saturated rings. The number of carbonyl (C=O) groups is 1. The third kappa shape index (κ3) is 2.00. The summed E-state index contributed by atoms with van der Waals surface area (Å²) >= 11 is 6.38. The lowest BCUT2D eigenvalue weighted by Crippen LogP contribution is -1.97. The molecule has 2 rings (SSSR count). The van der Waals surface area contributed by atoms with Gasteiger partial charge in [0.25, 0.3) is 0 Å². The molecule has 0 spiro atoms. The second-order valence-electron chi connectivity index (χ2n) is 2.85. The van der Waals surface area contributed by atoms with Gasteiger partial charge in [0, 0.05) is 11.6 Å². The third-order valence-electron chi connectivity index (χ3n) is 1.88. The van der Waals surface area contributed by atoms with Crippen molar-refractivity contribution in [3.05, 3.63) is 28.0 Å². The zero-order valence-electron chi connectivity index (χ0n) is 7.87.